The van der Waals surface area contributed by atoms with Crippen molar-refractivity contribution in [2.24, 2.45) is 0 Å². The van der Waals surface area contributed by atoms with Crippen LogP contribution < -0.4 is 5.73 Å². The van der Waals surface area contributed by atoms with Gasteiger partial charge in [0.15, 0.2) is 0 Å². The van der Waals surface area contributed by atoms with Crippen LogP contribution in [0.2, 0.25) is 0 Å². The van der Waals surface area contributed by atoms with Crippen molar-refractivity contribution in [3.05, 3.63) is 65.2 Å². The molecule has 2 N–H and O–H groups in total. The van der Waals surface area contributed by atoms with Gasteiger partial charge in [-0.1, -0.05) is 50.2 Å². The van der Waals surface area contributed by atoms with E-state index in [1.807, 2.05) is 6.07 Å². The van der Waals surface area contributed by atoms with Gasteiger partial charge >= 0.3 is 0 Å². The van der Waals surface area contributed by atoms with Crippen LogP contribution in [-0.2, 0) is 12.8 Å². The average molecular weight is 325 g/mol. The Morgan fingerprint density at radius 3 is 2.38 bits per heavy atom. The van der Waals surface area contributed by atoms with E-state index < -0.39 is 0 Å². The standard InChI is InChI=1S/C22H32N2/c1-4-15-24(18(3)20-10-7-6-8-11-20)16-9-12-21-17-22(23)14-13-19(21)5-2/h6-8,10-11,13-14,17-18H,4-5,9,12,15-16,23H2,1-3H3. The smallest absolute Gasteiger partial charge is 0.0319 e. The zero-order valence-electron chi connectivity index (χ0n) is 15.5. The van der Waals surface area contributed by atoms with Gasteiger partial charge < -0.3 is 5.73 Å². The van der Waals surface area contributed by atoms with Gasteiger partial charge in [-0.2, -0.15) is 0 Å². The van der Waals surface area contributed by atoms with Gasteiger partial charge in [-0.05, 0) is 74.5 Å². The Labute approximate surface area is 147 Å². The van der Waals surface area contributed by atoms with Crippen LogP contribution in [-0.4, -0.2) is 18.0 Å². The predicted octanol–water partition coefficient (Wildman–Crippen LogP) is 5.24. The first-order valence-electron chi connectivity index (χ1n) is 9.32. The van der Waals surface area contributed by atoms with Gasteiger partial charge in [0, 0.05) is 11.7 Å². The molecule has 0 saturated heterocycles. The fourth-order valence-electron chi connectivity index (χ4n) is 3.42. The molecule has 0 bridgehead atoms. The van der Waals surface area contributed by atoms with Gasteiger partial charge in [0.2, 0.25) is 0 Å². The van der Waals surface area contributed by atoms with Gasteiger partial charge in [0.1, 0.15) is 0 Å². The highest BCUT2D eigenvalue weighted by Gasteiger charge is 2.14. The van der Waals surface area contributed by atoms with Gasteiger partial charge in [-0.3, -0.25) is 4.90 Å². The Kier molecular flexibility index (Phi) is 7.33. The number of benzene rings is 2. The second-order valence-electron chi connectivity index (χ2n) is 6.61. The summed E-state index contributed by atoms with van der Waals surface area (Å²) in [5.41, 5.74) is 11.1. The van der Waals surface area contributed by atoms with E-state index in [4.69, 9.17) is 5.73 Å². The molecule has 2 aromatic carbocycles. The molecule has 0 radical (unpaired) electrons. The summed E-state index contributed by atoms with van der Waals surface area (Å²) in [6.45, 7) is 9.08. The Bertz CT molecular complexity index is 607. The van der Waals surface area contributed by atoms with E-state index in [1.54, 1.807) is 0 Å². The predicted molar refractivity (Wildman–Crippen MR) is 105 cm³/mol. The minimum Gasteiger partial charge on any atom is -0.399 e. The van der Waals surface area contributed by atoms with Crippen molar-refractivity contribution in [3.8, 4) is 0 Å². The largest absolute Gasteiger partial charge is 0.399 e. The maximum Gasteiger partial charge on any atom is 0.0319 e. The molecule has 2 heteroatoms. The molecule has 2 aromatic rings. The molecule has 0 aliphatic heterocycles. The first-order chi connectivity index (χ1) is 11.7. The van der Waals surface area contributed by atoms with Gasteiger partial charge in [0.05, 0.1) is 0 Å². The SMILES string of the molecule is CCCN(CCCc1cc(N)ccc1CC)C(C)c1ccccc1. The van der Waals surface area contributed by atoms with Gasteiger partial charge in [-0.15, -0.1) is 0 Å². The highest BCUT2D eigenvalue weighted by molar-refractivity contribution is 5.44. The summed E-state index contributed by atoms with van der Waals surface area (Å²) in [6, 6.07) is 17.7. The number of nitrogen functional groups attached to an aromatic ring is 1. The Hall–Kier alpha value is -1.80. The molecule has 0 saturated carbocycles. The van der Waals surface area contributed by atoms with E-state index in [0.29, 0.717) is 6.04 Å². The molecular weight excluding hydrogens is 292 g/mol. The molecule has 24 heavy (non-hydrogen) atoms. The molecule has 0 aliphatic rings. The third kappa shape index (κ3) is 5.10. The zero-order valence-corrected chi connectivity index (χ0v) is 15.5. The highest BCUT2D eigenvalue weighted by atomic mass is 15.1. The van der Waals surface area contributed by atoms with Crippen LogP contribution in [0.3, 0.4) is 0 Å². The number of nitrogens with two attached hydrogens (primary N) is 1. The van der Waals surface area contributed by atoms with Crippen molar-refractivity contribution in [3.63, 3.8) is 0 Å². The molecule has 1 unspecified atom stereocenters. The second-order valence-corrected chi connectivity index (χ2v) is 6.61. The summed E-state index contributed by atoms with van der Waals surface area (Å²) < 4.78 is 0. The van der Waals surface area contributed by atoms with Crippen LogP contribution in [0.5, 0.6) is 0 Å². The molecule has 0 amide bonds. The highest BCUT2D eigenvalue weighted by Crippen LogP contribution is 2.22. The topological polar surface area (TPSA) is 29.3 Å². The lowest BCUT2D eigenvalue weighted by Gasteiger charge is -2.29. The summed E-state index contributed by atoms with van der Waals surface area (Å²) in [7, 11) is 0. The van der Waals surface area contributed by atoms with Crippen molar-refractivity contribution in [1.29, 1.82) is 0 Å². The lowest BCUT2D eigenvalue weighted by atomic mass is 9.99. The van der Waals surface area contributed by atoms with E-state index in [-0.39, 0.29) is 0 Å². The van der Waals surface area contributed by atoms with Crippen molar-refractivity contribution in [1.82, 2.24) is 4.90 Å². The Morgan fingerprint density at radius 1 is 0.958 bits per heavy atom. The number of hydrogen-bond donors (Lipinski definition) is 1. The monoisotopic (exact) mass is 324 g/mol. The number of nitrogens with zero attached hydrogens (tertiary/aromatic N) is 1. The second kappa shape index (κ2) is 9.48. The minimum atomic E-state index is 0.470. The molecular formula is C22H32N2. The molecule has 0 fully saturated rings. The molecule has 1 atom stereocenters. The first-order valence-corrected chi connectivity index (χ1v) is 9.32. The van der Waals surface area contributed by atoms with Crippen LogP contribution in [0, 0.1) is 0 Å². The fraction of sp³-hybridized carbons (Fsp3) is 0.455. The third-order valence-corrected chi connectivity index (χ3v) is 4.84. The molecule has 2 rings (SSSR count). The van der Waals surface area contributed by atoms with E-state index in [1.165, 1.54) is 29.5 Å². The summed E-state index contributed by atoms with van der Waals surface area (Å²) >= 11 is 0. The van der Waals surface area contributed by atoms with Crippen LogP contribution >= 0.6 is 0 Å². The molecule has 130 valence electrons. The van der Waals surface area contributed by atoms with Crippen molar-refractivity contribution >= 4 is 5.69 Å². The van der Waals surface area contributed by atoms with Crippen molar-refractivity contribution in [2.75, 3.05) is 18.8 Å². The Morgan fingerprint density at radius 2 is 1.71 bits per heavy atom. The normalized spacial score (nSPS) is 12.5. The summed E-state index contributed by atoms with van der Waals surface area (Å²) in [5, 5.41) is 0. The van der Waals surface area contributed by atoms with Crippen LogP contribution in [0.15, 0.2) is 48.5 Å². The third-order valence-electron chi connectivity index (χ3n) is 4.84. The zero-order chi connectivity index (χ0) is 17.4. The van der Waals surface area contributed by atoms with E-state index in [2.05, 4.69) is 68.1 Å². The van der Waals surface area contributed by atoms with Crippen LogP contribution in [0.4, 0.5) is 5.69 Å². The summed E-state index contributed by atoms with van der Waals surface area (Å²) in [6.07, 6.45) is 4.55. The Balaban J connectivity index is 1.98. The molecule has 0 aliphatic carbocycles. The van der Waals surface area contributed by atoms with E-state index >= 15 is 0 Å². The van der Waals surface area contributed by atoms with E-state index in [0.717, 1.165) is 31.6 Å². The molecule has 0 spiro atoms. The molecule has 0 heterocycles. The number of rotatable bonds is 9. The lowest BCUT2D eigenvalue weighted by Crippen LogP contribution is -2.29. The van der Waals surface area contributed by atoms with Crippen LogP contribution in [0.1, 0.15) is 56.3 Å². The van der Waals surface area contributed by atoms with Crippen LogP contribution in [0.25, 0.3) is 0 Å². The quantitative estimate of drug-likeness (QED) is 0.639. The maximum absolute atomic E-state index is 5.98. The van der Waals surface area contributed by atoms with E-state index in [9.17, 15) is 0 Å². The fourth-order valence-corrected chi connectivity index (χ4v) is 3.42. The van der Waals surface area contributed by atoms with Crippen molar-refractivity contribution in [2.45, 2.75) is 52.5 Å². The maximum atomic E-state index is 5.98. The summed E-state index contributed by atoms with van der Waals surface area (Å²) in [4.78, 5) is 2.60. The average Bonchev–Trinajstić information content (AvgIpc) is 2.61. The lowest BCUT2D eigenvalue weighted by molar-refractivity contribution is 0.208. The van der Waals surface area contributed by atoms with Gasteiger partial charge in [0.25, 0.3) is 0 Å². The summed E-state index contributed by atoms with van der Waals surface area (Å²) in [5.74, 6) is 0. The number of aryl methyl sites for hydroxylation is 2. The minimum absolute atomic E-state index is 0.470. The first kappa shape index (κ1) is 18.5. The van der Waals surface area contributed by atoms with Crippen molar-refractivity contribution < 1.29 is 0 Å². The molecule has 0 aromatic heterocycles. The number of anilines is 1. The van der Waals surface area contributed by atoms with Gasteiger partial charge in [-0.25, -0.2) is 0 Å². The number of hydrogen-bond acceptors (Lipinski definition) is 2. The molecule has 2 nitrogen and oxygen atoms in total.